The van der Waals surface area contributed by atoms with Crippen LogP contribution in [0.2, 0.25) is 0 Å². The first-order valence-corrected chi connectivity index (χ1v) is 6.66. The number of aliphatic carboxylic acids is 1. The predicted molar refractivity (Wildman–Crippen MR) is 68.5 cm³/mol. The van der Waals surface area contributed by atoms with Crippen LogP contribution in [0.3, 0.4) is 0 Å². The van der Waals surface area contributed by atoms with Crippen molar-refractivity contribution in [2.45, 2.75) is 12.5 Å². The monoisotopic (exact) mass is 278 g/mol. The van der Waals surface area contributed by atoms with E-state index in [1.54, 1.807) is 0 Å². The molecule has 4 amide bonds. The summed E-state index contributed by atoms with van der Waals surface area (Å²) in [6.45, 7) is 0.356. The van der Waals surface area contributed by atoms with E-state index >= 15 is 0 Å². The molecule has 0 unspecified atom stereocenters. The summed E-state index contributed by atoms with van der Waals surface area (Å²) in [5, 5.41) is 15.9. The summed E-state index contributed by atoms with van der Waals surface area (Å²) in [6.07, 6.45) is 2.21. The summed E-state index contributed by atoms with van der Waals surface area (Å²) in [5.41, 5.74) is 4.83. The summed E-state index contributed by atoms with van der Waals surface area (Å²) in [7, 11) is 0. The van der Waals surface area contributed by atoms with Gasteiger partial charge in [0.25, 0.3) is 0 Å². The van der Waals surface area contributed by atoms with Gasteiger partial charge in [-0.3, -0.25) is 0 Å². The first-order chi connectivity index (χ1) is 8.47. The molecule has 0 spiro atoms. The number of thioether (sulfide) groups is 1. The van der Waals surface area contributed by atoms with Crippen molar-refractivity contribution in [3.8, 4) is 0 Å². The molecule has 9 heteroatoms. The van der Waals surface area contributed by atoms with Crippen molar-refractivity contribution >= 4 is 29.8 Å². The first-order valence-electron chi connectivity index (χ1n) is 5.26. The van der Waals surface area contributed by atoms with Crippen molar-refractivity contribution in [1.29, 1.82) is 0 Å². The lowest BCUT2D eigenvalue weighted by molar-refractivity contribution is -0.139. The molecule has 0 bridgehead atoms. The van der Waals surface area contributed by atoms with Gasteiger partial charge in [0.2, 0.25) is 0 Å². The van der Waals surface area contributed by atoms with Gasteiger partial charge in [0.05, 0.1) is 0 Å². The van der Waals surface area contributed by atoms with Gasteiger partial charge in [-0.1, -0.05) is 0 Å². The Hall–Kier alpha value is -1.64. The van der Waals surface area contributed by atoms with Crippen LogP contribution in [0.4, 0.5) is 9.59 Å². The van der Waals surface area contributed by atoms with Crippen LogP contribution in [0.15, 0.2) is 0 Å². The molecule has 18 heavy (non-hydrogen) atoms. The number of nitrogens with one attached hydrogen (secondary N) is 3. The fraction of sp³-hybridized carbons (Fsp3) is 0.667. The Bertz CT molecular complexity index is 300. The zero-order valence-corrected chi connectivity index (χ0v) is 10.9. The minimum Gasteiger partial charge on any atom is -0.480 e. The first kappa shape index (κ1) is 16.4. The highest BCUT2D eigenvalue weighted by Gasteiger charge is 2.18. The van der Waals surface area contributed by atoms with Crippen LogP contribution in [0.1, 0.15) is 6.42 Å². The predicted octanol–water partition coefficient (Wildman–Crippen LogP) is -0.840. The lowest BCUT2D eigenvalue weighted by atomic mass is 10.2. The minimum atomic E-state index is -1.07. The molecule has 0 radical (unpaired) electrons. The molecule has 1 atom stereocenters. The normalized spacial score (nSPS) is 11.4. The molecular weight excluding hydrogens is 260 g/mol. The zero-order chi connectivity index (χ0) is 14.0. The summed E-state index contributed by atoms with van der Waals surface area (Å²) < 4.78 is 0. The highest BCUT2D eigenvalue weighted by Crippen LogP contribution is 2.00. The van der Waals surface area contributed by atoms with Gasteiger partial charge in [-0.25, -0.2) is 14.4 Å². The Morgan fingerprint density at radius 1 is 1.28 bits per heavy atom. The minimum absolute atomic E-state index is 0.170. The van der Waals surface area contributed by atoms with Gasteiger partial charge in [0.15, 0.2) is 0 Å². The molecule has 0 aromatic rings. The maximum atomic E-state index is 11.3. The fourth-order valence-electron chi connectivity index (χ4n) is 1.06. The van der Waals surface area contributed by atoms with Gasteiger partial charge in [-0.15, -0.1) is 0 Å². The van der Waals surface area contributed by atoms with Crippen LogP contribution in [0.25, 0.3) is 0 Å². The highest BCUT2D eigenvalue weighted by molar-refractivity contribution is 7.98. The van der Waals surface area contributed by atoms with Gasteiger partial charge < -0.3 is 26.8 Å². The van der Waals surface area contributed by atoms with Crippen molar-refractivity contribution < 1.29 is 19.5 Å². The van der Waals surface area contributed by atoms with Gasteiger partial charge in [-0.2, -0.15) is 11.8 Å². The number of hydrogen-bond acceptors (Lipinski definition) is 4. The maximum Gasteiger partial charge on any atom is 0.326 e. The molecule has 104 valence electrons. The third-order valence-electron chi connectivity index (χ3n) is 1.92. The van der Waals surface area contributed by atoms with E-state index in [9.17, 15) is 14.4 Å². The number of carboxylic acids is 1. The van der Waals surface area contributed by atoms with E-state index in [2.05, 4.69) is 16.0 Å². The average molecular weight is 278 g/mol. The Kier molecular flexibility index (Phi) is 8.54. The average Bonchev–Trinajstić information content (AvgIpc) is 2.29. The van der Waals surface area contributed by atoms with Gasteiger partial charge in [0.1, 0.15) is 6.04 Å². The van der Waals surface area contributed by atoms with E-state index in [-0.39, 0.29) is 13.1 Å². The number of hydrogen-bond donors (Lipinski definition) is 5. The summed E-state index contributed by atoms with van der Waals surface area (Å²) in [4.78, 5) is 32.5. The van der Waals surface area contributed by atoms with Crippen LogP contribution in [-0.4, -0.2) is 54.3 Å². The molecule has 0 fully saturated rings. The summed E-state index contributed by atoms with van der Waals surface area (Å²) in [6, 6.07) is -2.18. The molecule has 0 rings (SSSR count). The third kappa shape index (κ3) is 8.50. The topological polar surface area (TPSA) is 134 Å². The van der Waals surface area contributed by atoms with Crippen LogP contribution in [-0.2, 0) is 4.79 Å². The number of rotatable bonds is 8. The Labute approximate surface area is 109 Å². The smallest absolute Gasteiger partial charge is 0.326 e. The van der Waals surface area contributed by atoms with Crippen molar-refractivity contribution in [3.05, 3.63) is 0 Å². The molecule has 0 saturated carbocycles. The third-order valence-corrected chi connectivity index (χ3v) is 2.57. The number of carbonyl (C=O) groups is 3. The Morgan fingerprint density at radius 2 is 1.89 bits per heavy atom. The second-order valence-electron chi connectivity index (χ2n) is 3.36. The molecule has 0 saturated heterocycles. The molecule has 0 aliphatic heterocycles. The van der Waals surface area contributed by atoms with Crippen LogP contribution < -0.4 is 21.7 Å². The molecule has 8 nitrogen and oxygen atoms in total. The van der Waals surface area contributed by atoms with Crippen molar-refractivity contribution in [1.82, 2.24) is 16.0 Å². The number of primary amides is 1. The zero-order valence-electron chi connectivity index (χ0n) is 10.1. The largest absolute Gasteiger partial charge is 0.480 e. The molecular formula is C9H18N4O4S. The number of nitrogens with two attached hydrogens (primary N) is 1. The second kappa shape index (κ2) is 9.40. The quantitative estimate of drug-likeness (QED) is 0.369. The van der Waals surface area contributed by atoms with E-state index in [1.165, 1.54) is 11.8 Å². The number of carboxylic acid groups (broad SMARTS) is 1. The van der Waals surface area contributed by atoms with Crippen LogP contribution >= 0.6 is 11.8 Å². The molecule has 0 heterocycles. The fourth-order valence-corrected chi connectivity index (χ4v) is 1.54. The van der Waals surface area contributed by atoms with Crippen LogP contribution in [0, 0.1) is 0 Å². The summed E-state index contributed by atoms with van der Waals surface area (Å²) in [5.74, 6) is -0.435. The van der Waals surface area contributed by atoms with Crippen molar-refractivity contribution in [2.24, 2.45) is 5.73 Å². The number of urea groups is 2. The number of amides is 4. The van der Waals surface area contributed by atoms with Gasteiger partial charge in [-0.05, 0) is 18.4 Å². The second-order valence-corrected chi connectivity index (χ2v) is 4.35. The van der Waals surface area contributed by atoms with Crippen molar-refractivity contribution in [3.63, 3.8) is 0 Å². The standard InChI is InChI=1S/C9H18N4O4S/c1-18-5-2-6(7(14)15)13-9(17)12-4-3-11-8(10)16/h6H,2-5H2,1H3,(H,14,15)(H3,10,11,16)(H2,12,13,17)/t6-/m0/s1. The molecule has 6 N–H and O–H groups in total. The molecule has 0 aromatic heterocycles. The summed E-state index contributed by atoms with van der Waals surface area (Å²) >= 11 is 1.50. The van der Waals surface area contributed by atoms with E-state index < -0.39 is 24.1 Å². The number of carbonyl (C=O) groups excluding carboxylic acids is 2. The SMILES string of the molecule is CSCC[C@H](NC(=O)NCCNC(N)=O)C(=O)O. The van der Waals surface area contributed by atoms with E-state index in [1.807, 2.05) is 6.26 Å². The highest BCUT2D eigenvalue weighted by atomic mass is 32.2. The molecule has 0 aliphatic rings. The van der Waals surface area contributed by atoms with Gasteiger partial charge in [0, 0.05) is 13.1 Å². The van der Waals surface area contributed by atoms with E-state index in [4.69, 9.17) is 10.8 Å². The maximum absolute atomic E-state index is 11.3. The molecule has 0 aromatic carbocycles. The van der Waals surface area contributed by atoms with E-state index in [0.717, 1.165) is 0 Å². The lowest BCUT2D eigenvalue weighted by Crippen LogP contribution is -2.48. The van der Waals surface area contributed by atoms with Crippen molar-refractivity contribution in [2.75, 3.05) is 25.1 Å². The Morgan fingerprint density at radius 3 is 2.39 bits per heavy atom. The Balaban J connectivity index is 3.87. The lowest BCUT2D eigenvalue weighted by Gasteiger charge is -2.14. The molecule has 0 aliphatic carbocycles. The van der Waals surface area contributed by atoms with Crippen LogP contribution in [0.5, 0.6) is 0 Å². The van der Waals surface area contributed by atoms with E-state index in [0.29, 0.717) is 12.2 Å². The van der Waals surface area contributed by atoms with Gasteiger partial charge >= 0.3 is 18.0 Å².